The van der Waals surface area contributed by atoms with Crippen LogP contribution in [-0.4, -0.2) is 37.5 Å². The van der Waals surface area contributed by atoms with E-state index in [1.54, 1.807) is 0 Å². The zero-order valence-corrected chi connectivity index (χ0v) is 27.7. The molecule has 0 fully saturated rings. The van der Waals surface area contributed by atoms with Crippen LogP contribution >= 0.6 is 0 Å². The van der Waals surface area contributed by atoms with Gasteiger partial charge in [-0.3, -0.25) is 27.6 Å². The number of para-hydroxylation sites is 6. The van der Waals surface area contributed by atoms with Crippen LogP contribution < -0.4 is 0 Å². The third kappa shape index (κ3) is 3.36. The Morgan fingerprint density at radius 3 is 1.86 bits per heavy atom. The zero-order valence-electron chi connectivity index (χ0n) is 25.4. The van der Waals surface area contributed by atoms with Gasteiger partial charge in [0.15, 0.2) is 0 Å². The fourth-order valence-corrected chi connectivity index (χ4v) is 7.68. The Kier molecular flexibility index (Phi) is 5.21. The number of fused-ring (bicyclic) bond motifs is 20. The second kappa shape index (κ2) is 9.49. The standard InChI is InChI=1S/C40H20N8.Pt/c1-5-15-30-25(10-1)38-42-29-21-20-23(22-35(29)48(38)39-43-28-14-4-7-17-32(28)45(30)39)24-12-9-19-34-36(24)44-40-46(34)31-16-6-2-11-26(31)37-41-27-13-3-8-18-33(27)47(37)40;/h1-17,19-21H;/q-2;+2. The van der Waals surface area contributed by atoms with E-state index >= 15 is 0 Å². The topological polar surface area (TPSA) is 69.2 Å². The molecule has 0 unspecified atom stereocenters. The molecule has 0 aliphatic heterocycles. The zero-order chi connectivity index (χ0) is 31.1. The minimum atomic E-state index is 0. The van der Waals surface area contributed by atoms with Gasteiger partial charge in [0.1, 0.15) is 11.3 Å². The van der Waals surface area contributed by atoms with Crippen LogP contribution in [0.3, 0.4) is 0 Å². The molecule has 0 saturated carbocycles. The Labute approximate surface area is 290 Å². The van der Waals surface area contributed by atoms with E-state index in [2.05, 4.69) is 127 Å². The SMILES string of the molecule is [Pt+2].[c-]1c(-c2cccc3c2nc2n3c3ccccc3c3nc4ccc[c-]c4n32)ccc2nc3c4ccccc4n4c5ccccc5nc4n3c12. The molecule has 12 rings (SSSR count). The van der Waals surface area contributed by atoms with E-state index in [9.17, 15) is 0 Å². The van der Waals surface area contributed by atoms with Crippen molar-refractivity contribution in [3.05, 3.63) is 133 Å². The van der Waals surface area contributed by atoms with Crippen LogP contribution in [0.5, 0.6) is 0 Å². The van der Waals surface area contributed by atoms with Crippen LogP contribution in [-0.2, 0) is 21.1 Å². The molecule has 0 radical (unpaired) electrons. The summed E-state index contributed by atoms with van der Waals surface area (Å²) in [6.45, 7) is 0. The molecule has 0 bridgehead atoms. The Morgan fingerprint density at radius 2 is 1.06 bits per heavy atom. The van der Waals surface area contributed by atoms with Crippen LogP contribution in [0.4, 0.5) is 0 Å². The average Bonchev–Trinajstić information content (AvgIpc) is 3.91. The van der Waals surface area contributed by atoms with E-state index in [1.165, 1.54) is 0 Å². The molecule has 6 aromatic carbocycles. The van der Waals surface area contributed by atoms with Gasteiger partial charge >= 0.3 is 21.1 Å². The van der Waals surface area contributed by atoms with Crippen molar-refractivity contribution in [1.82, 2.24) is 37.5 Å². The van der Waals surface area contributed by atoms with Crippen molar-refractivity contribution in [3.63, 3.8) is 0 Å². The predicted molar refractivity (Wildman–Crippen MR) is 190 cm³/mol. The molecule has 9 heteroatoms. The molecule has 230 valence electrons. The largest absolute Gasteiger partial charge is 2.00 e. The fraction of sp³-hybridized carbons (Fsp3) is 0. The van der Waals surface area contributed by atoms with Gasteiger partial charge < -0.3 is 0 Å². The van der Waals surface area contributed by atoms with Crippen molar-refractivity contribution in [2.24, 2.45) is 0 Å². The smallest absolute Gasteiger partial charge is 0.295 e. The molecule has 6 aromatic heterocycles. The number of rotatable bonds is 1. The summed E-state index contributed by atoms with van der Waals surface area (Å²) in [5, 5.41) is 2.11. The van der Waals surface area contributed by atoms with E-state index in [1.807, 2.05) is 24.3 Å². The molecule has 0 spiro atoms. The minimum absolute atomic E-state index is 0. The monoisotopic (exact) mass is 807 g/mol. The summed E-state index contributed by atoms with van der Waals surface area (Å²) in [7, 11) is 0. The molecule has 0 N–H and O–H groups in total. The summed E-state index contributed by atoms with van der Waals surface area (Å²) in [6, 6.07) is 48.7. The van der Waals surface area contributed by atoms with Crippen LogP contribution in [0.25, 0.3) is 99.9 Å². The summed E-state index contributed by atoms with van der Waals surface area (Å²) in [6.07, 6.45) is 0. The Balaban J connectivity index is 0.00000290. The molecule has 0 amide bonds. The minimum Gasteiger partial charge on any atom is -0.295 e. The van der Waals surface area contributed by atoms with E-state index in [0.717, 1.165) is 99.9 Å². The van der Waals surface area contributed by atoms with E-state index in [0.29, 0.717) is 0 Å². The second-order valence-corrected chi connectivity index (χ2v) is 12.2. The molecule has 0 aliphatic carbocycles. The third-order valence-electron chi connectivity index (χ3n) is 9.71. The van der Waals surface area contributed by atoms with Gasteiger partial charge in [-0.15, -0.1) is 29.8 Å². The van der Waals surface area contributed by atoms with E-state index in [4.69, 9.17) is 19.9 Å². The Bertz CT molecular complexity index is 3360. The van der Waals surface area contributed by atoms with Gasteiger partial charge in [-0.05, 0) is 59.0 Å². The fourth-order valence-electron chi connectivity index (χ4n) is 7.68. The van der Waals surface area contributed by atoms with Gasteiger partial charge in [-0.1, -0.05) is 54.1 Å². The maximum absolute atomic E-state index is 5.35. The van der Waals surface area contributed by atoms with Crippen LogP contribution in [0.1, 0.15) is 0 Å². The number of hydrogen-bond acceptors (Lipinski definition) is 4. The molecular formula is C40H20N8Pt. The Morgan fingerprint density at radius 1 is 0.449 bits per heavy atom. The molecule has 12 aromatic rings. The normalized spacial score (nSPS) is 12.3. The van der Waals surface area contributed by atoms with Crippen LogP contribution in [0.15, 0.2) is 121 Å². The summed E-state index contributed by atoms with van der Waals surface area (Å²) in [5.74, 6) is 1.60. The van der Waals surface area contributed by atoms with E-state index in [-0.39, 0.29) is 21.1 Å². The van der Waals surface area contributed by atoms with Crippen molar-refractivity contribution in [2.45, 2.75) is 0 Å². The van der Waals surface area contributed by atoms with Crippen LogP contribution in [0, 0.1) is 12.1 Å². The quantitative estimate of drug-likeness (QED) is 0.156. The predicted octanol–water partition coefficient (Wildman–Crippen LogP) is 8.46. The average molecular weight is 808 g/mol. The summed E-state index contributed by atoms with van der Waals surface area (Å²) < 4.78 is 8.74. The number of benzene rings is 6. The number of hydrogen-bond donors (Lipinski definition) is 0. The van der Waals surface area contributed by atoms with Gasteiger partial charge in [-0.25, -0.2) is 9.97 Å². The van der Waals surface area contributed by atoms with Crippen molar-refractivity contribution in [2.75, 3.05) is 0 Å². The maximum Gasteiger partial charge on any atom is 2.00 e. The molecule has 0 saturated heterocycles. The first-order valence-electron chi connectivity index (χ1n) is 15.9. The second-order valence-electron chi connectivity index (χ2n) is 12.2. The van der Waals surface area contributed by atoms with Crippen molar-refractivity contribution >= 4 is 88.8 Å². The van der Waals surface area contributed by atoms with Gasteiger partial charge in [0, 0.05) is 16.3 Å². The van der Waals surface area contributed by atoms with Gasteiger partial charge in [0.05, 0.1) is 33.1 Å². The van der Waals surface area contributed by atoms with Gasteiger partial charge in [0.2, 0.25) is 11.6 Å². The van der Waals surface area contributed by atoms with Crippen molar-refractivity contribution in [1.29, 1.82) is 0 Å². The summed E-state index contributed by atoms with van der Waals surface area (Å²) in [4.78, 5) is 20.6. The molecule has 8 nitrogen and oxygen atoms in total. The summed E-state index contributed by atoms with van der Waals surface area (Å²) in [5.41, 5.74) is 13.2. The molecule has 49 heavy (non-hydrogen) atoms. The molecule has 0 atom stereocenters. The van der Waals surface area contributed by atoms with Crippen LogP contribution in [0.2, 0.25) is 0 Å². The van der Waals surface area contributed by atoms with E-state index < -0.39 is 0 Å². The van der Waals surface area contributed by atoms with Crippen molar-refractivity contribution in [3.8, 4) is 11.1 Å². The Hall–Kier alpha value is -6.11. The first kappa shape index (κ1) is 26.9. The maximum atomic E-state index is 5.35. The van der Waals surface area contributed by atoms with Gasteiger partial charge in [-0.2, -0.15) is 18.2 Å². The number of aromatic nitrogens is 8. The summed E-state index contributed by atoms with van der Waals surface area (Å²) >= 11 is 0. The molecular weight excluding hydrogens is 788 g/mol. The van der Waals surface area contributed by atoms with Crippen molar-refractivity contribution < 1.29 is 21.1 Å². The third-order valence-corrected chi connectivity index (χ3v) is 9.71. The number of imidazole rings is 4. The first-order chi connectivity index (χ1) is 23.8. The molecule has 6 heterocycles. The molecule has 0 aliphatic rings. The number of nitrogens with zero attached hydrogens (tertiary/aromatic N) is 8. The van der Waals surface area contributed by atoms with Gasteiger partial charge in [0.25, 0.3) is 0 Å². The first-order valence-corrected chi connectivity index (χ1v) is 15.9.